The van der Waals surface area contributed by atoms with Crippen molar-refractivity contribution in [1.82, 2.24) is 4.98 Å². The zero-order valence-electron chi connectivity index (χ0n) is 23.8. The first-order valence-electron chi connectivity index (χ1n) is 14.2. The molecule has 6 rings (SSSR count). The van der Waals surface area contributed by atoms with E-state index in [1.165, 1.54) is 4.90 Å². The zero-order valence-corrected chi connectivity index (χ0v) is 27.7. The van der Waals surface area contributed by atoms with Crippen molar-refractivity contribution in [1.29, 1.82) is 0 Å². The summed E-state index contributed by atoms with van der Waals surface area (Å²) in [7, 11) is 0. The van der Waals surface area contributed by atoms with Crippen LogP contribution in [0.25, 0.3) is 22.2 Å². The molecule has 7 nitrogen and oxygen atoms in total. The van der Waals surface area contributed by atoms with Crippen LogP contribution in [-0.4, -0.2) is 44.3 Å². The molecule has 2 heterocycles. The first-order valence-corrected chi connectivity index (χ1v) is 16.4. The number of benzene rings is 3. The minimum atomic E-state index is -1.02. The van der Waals surface area contributed by atoms with E-state index in [4.69, 9.17) is 21.3 Å². The summed E-state index contributed by atoms with van der Waals surface area (Å²) < 4.78 is 5.65. The molecular weight excluding hydrogens is 712 g/mol. The van der Waals surface area contributed by atoms with Crippen molar-refractivity contribution < 1.29 is 23.9 Å². The van der Waals surface area contributed by atoms with Crippen LogP contribution in [0.1, 0.15) is 46.0 Å². The molecule has 0 spiro atoms. The number of alkyl halides is 2. The van der Waals surface area contributed by atoms with Gasteiger partial charge in [0.2, 0.25) is 17.6 Å². The molecular formula is C34H27Br2ClN2O5. The predicted molar refractivity (Wildman–Crippen MR) is 177 cm³/mol. The van der Waals surface area contributed by atoms with Crippen molar-refractivity contribution in [3.05, 3.63) is 94.5 Å². The van der Waals surface area contributed by atoms with Crippen LogP contribution in [0.3, 0.4) is 0 Å². The second-order valence-corrected chi connectivity index (χ2v) is 14.0. The summed E-state index contributed by atoms with van der Waals surface area (Å²) in [5.74, 6) is -2.07. The van der Waals surface area contributed by atoms with Gasteiger partial charge in [-0.1, -0.05) is 97.6 Å². The highest BCUT2D eigenvalue weighted by molar-refractivity contribution is 9.12. The van der Waals surface area contributed by atoms with E-state index in [1.807, 2.05) is 19.1 Å². The lowest BCUT2D eigenvalue weighted by atomic mass is 9.81. The smallest absolute Gasteiger partial charge is 0.339 e. The number of pyridine rings is 1. The van der Waals surface area contributed by atoms with E-state index < -0.39 is 12.1 Å². The number of esters is 1. The fourth-order valence-electron chi connectivity index (χ4n) is 5.89. The van der Waals surface area contributed by atoms with E-state index in [0.29, 0.717) is 51.3 Å². The lowest BCUT2D eigenvalue weighted by Gasteiger charge is -2.29. The third-order valence-corrected chi connectivity index (χ3v) is 11.4. The summed E-state index contributed by atoms with van der Waals surface area (Å²) in [6.45, 7) is 3.47. The molecule has 2 aliphatic rings. The van der Waals surface area contributed by atoms with Crippen molar-refractivity contribution in [2.45, 2.75) is 42.4 Å². The minimum absolute atomic E-state index is 0.123. The number of para-hydroxylation sites is 1. The highest BCUT2D eigenvalue weighted by Gasteiger charge is 2.52. The number of carbonyl (C=O) groups excluding carboxylic acids is 4. The van der Waals surface area contributed by atoms with Crippen LogP contribution in [0.4, 0.5) is 5.69 Å². The third-order valence-electron chi connectivity index (χ3n) is 8.33. The van der Waals surface area contributed by atoms with E-state index in [-0.39, 0.29) is 44.7 Å². The van der Waals surface area contributed by atoms with Crippen LogP contribution in [-0.2, 0) is 14.3 Å². The summed E-state index contributed by atoms with van der Waals surface area (Å²) in [6, 6.07) is 20.7. The van der Waals surface area contributed by atoms with Crippen molar-refractivity contribution in [2.24, 2.45) is 11.8 Å². The molecule has 10 heteroatoms. The van der Waals surface area contributed by atoms with Gasteiger partial charge >= 0.3 is 5.97 Å². The number of halogens is 3. The maximum Gasteiger partial charge on any atom is 0.339 e. The molecule has 2 fully saturated rings. The van der Waals surface area contributed by atoms with E-state index in [2.05, 4.69) is 31.9 Å². The van der Waals surface area contributed by atoms with Gasteiger partial charge in [-0.25, -0.2) is 9.78 Å². The Hall–Kier alpha value is -3.40. The quantitative estimate of drug-likeness (QED) is 0.0871. The third kappa shape index (κ3) is 5.61. The number of aromatic nitrogens is 1. The molecule has 5 unspecified atom stereocenters. The van der Waals surface area contributed by atoms with Crippen molar-refractivity contribution in [2.75, 3.05) is 4.90 Å². The average Bonchev–Trinajstić information content (AvgIpc) is 3.25. The highest BCUT2D eigenvalue weighted by atomic mass is 79.9. The van der Waals surface area contributed by atoms with Crippen molar-refractivity contribution in [3.63, 3.8) is 0 Å². The Bertz CT molecular complexity index is 1780. The van der Waals surface area contributed by atoms with Crippen LogP contribution in [0.2, 0.25) is 5.02 Å². The molecule has 0 bridgehead atoms. The van der Waals surface area contributed by atoms with Crippen LogP contribution < -0.4 is 4.90 Å². The molecule has 0 radical (unpaired) electrons. The normalized spacial score (nSPS) is 22.2. The monoisotopic (exact) mass is 736 g/mol. The second kappa shape index (κ2) is 12.2. The molecule has 1 saturated carbocycles. The van der Waals surface area contributed by atoms with Gasteiger partial charge in [-0.2, -0.15) is 0 Å². The molecule has 44 heavy (non-hydrogen) atoms. The van der Waals surface area contributed by atoms with Crippen LogP contribution >= 0.6 is 43.5 Å². The summed E-state index contributed by atoms with van der Waals surface area (Å²) >= 11 is 13.8. The number of anilines is 1. The van der Waals surface area contributed by atoms with Gasteiger partial charge in [0.1, 0.15) is 0 Å². The van der Waals surface area contributed by atoms with Crippen LogP contribution in [0.5, 0.6) is 0 Å². The maximum absolute atomic E-state index is 13.5. The van der Waals surface area contributed by atoms with Gasteiger partial charge in [0.15, 0.2) is 6.10 Å². The minimum Gasteiger partial charge on any atom is -0.451 e. The molecule has 1 aliphatic heterocycles. The van der Waals surface area contributed by atoms with E-state index in [0.717, 1.165) is 5.56 Å². The summed E-state index contributed by atoms with van der Waals surface area (Å²) in [5, 5.41) is 0.841. The number of aryl methyl sites for hydroxylation is 1. The lowest BCUT2D eigenvalue weighted by Crippen LogP contribution is -2.34. The number of carbonyl (C=O) groups is 4. The summed E-state index contributed by atoms with van der Waals surface area (Å²) in [5.41, 5.74) is 3.66. The van der Waals surface area contributed by atoms with Crippen molar-refractivity contribution in [3.8, 4) is 11.3 Å². The van der Waals surface area contributed by atoms with Gasteiger partial charge in [0.25, 0.3) is 0 Å². The SMILES string of the molecule is Cc1ccc(C(=O)C(C)OC(=O)c2cc(-c3ccc(N4C(=O)C5CC(Br)C(Br)CC5C4=O)cc3)nc3c(Cl)cccc23)cc1. The lowest BCUT2D eigenvalue weighted by molar-refractivity contribution is -0.122. The Morgan fingerprint density at radius 2 is 1.55 bits per heavy atom. The number of nitrogens with zero attached hydrogens (tertiary/aromatic N) is 2. The summed E-state index contributed by atoms with van der Waals surface area (Å²) in [4.78, 5) is 59.2. The van der Waals surface area contributed by atoms with Crippen LogP contribution in [0.15, 0.2) is 72.8 Å². The second-order valence-electron chi connectivity index (χ2n) is 11.2. The molecule has 0 N–H and O–H groups in total. The van der Waals surface area contributed by atoms with Crippen molar-refractivity contribution >= 4 is 83.6 Å². The van der Waals surface area contributed by atoms with Gasteiger partial charge in [0.05, 0.1) is 39.3 Å². The van der Waals surface area contributed by atoms with E-state index in [9.17, 15) is 19.2 Å². The topological polar surface area (TPSA) is 93.6 Å². The fourth-order valence-corrected chi connectivity index (χ4v) is 7.35. The molecule has 3 aromatic carbocycles. The Morgan fingerprint density at radius 3 is 2.16 bits per heavy atom. The number of imide groups is 1. The Balaban J connectivity index is 1.29. The number of amides is 2. The first-order chi connectivity index (χ1) is 21.0. The Morgan fingerprint density at radius 1 is 0.932 bits per heavy atom. The molecule has 1 saturated heterocycles. The number of fused-ring (bicyclic) bond motifs is 2. The van der Waals surface area contributed by atoms with Gasteiger partial charge in [-0.3, -0.25) is 19.3 Å². The number of Topliss-reactive ketones (excluding diaryl/α,β-unsaturated/α-hetero) is 1. The molecule has 4 aromatic rings. The molecule has 2 amide bonds. The maximum atomic E-state index is 13.5. The fraction of sp³-hybridized carbons (Fsp3) is 0.265. The Labute approximate surface area is 276 Å². The van der Waals surface area contributed by atoms with E-state index in [1.54, 1.807) is 67.6 Å². The summed E-state index contributed by atoms with van der Waals surface area (Å²) in [6.07, 6.45) is 0.167. The van der Waals surface area contributed by atoms with Gasteiger partial charge in [0, 0.05) is 26.2 Å². The number of ketones is 1. The number of hydrogen-bond donors (Lipinski definition) is 0. The molecule has 5 atom stereocenters. The molecule has 1 aromatic heterocycles. The number of rotatable bonds is 6. The molecule has 1 aliphatic carbocycles. The Kier molecular flexibility index (Phi) is 8.48. The van der Waals surface area contributed by atoms with Crippen LogP contribution in [0, 0.1) is 18.8 Å². The highest BCUT2D eigenvalue weighted by Crippen LogP contribution is 2.44. The van der Waals surface area contributed by atoms with Gasteiger partial charge < -0.3 is 4.74 Å². The molecule has 224 valence electrons. The largest absolute Gasteiger partial charge is 0.451 e. The van der Waals surface area contributed by atoms with Gasteiger partial charge in [-0.15, -0.1) is 0 Å². The number of ether oxygens (including phenoxy) is 1. The first kappa shape index (κ1) is 30.6. The standard InChI is InChI=1S/C34H27Br2ClN2O5/c1-17-6-8-20(9-7-17)31(40)18(2)44-34(43)25-16-29(38-30-22(25)4-3-5-28(30)37)19-10-12-21(13-11-19)39-32(41)23-14-26(35)27(36)15-24(23)33(39)42/h3-13,16,18,23-24,26-27H,14-15H2,1-2H3. The van der Waals surface area contributed by atoms with Gasteiger partial charge in [-0.05, 0) is 51.0 Å². The average molecular weight is 739 g/mol. The zero-order chi connectivity index (χ0) is 31.3. The number of hydrogen-bond acceptors (Lipinski definition) is 6. The predicted octanol–water partition coefficient (Wildman–Crippen LogP) is 7.72. The van der Waals surface area contributed by atoms with E-state index >= 15 is 0 Å².